The smallest absolute Gasteiger partial charge is 0.214 e. The van der Waals surface area contributed by atoms with E-state index < -0.39 is 6.10 Å². The van der Waals surface area contributed by atoms with E-state index in [2.05, 4.69) is 15.5 Å². The Balaban J connectivity index is 1.55. The predicted octanol–water partition coefficient (Wildman–Crippen LogP) is 2.81. The summed E-state index contributed by atoms with van der Waals surface area (Å²) >= 11 is 1.40. The maximum Gasteiger partial charge on any atom is 0.214 e. The number of aryl methyl sites for hydroxylation is 2. The van der Waals surface area contributed by atoms with Gasteiger partial charge in [0.25, 0.3) is 0 Å². The number of aliphatic hydroxyl groups is 1. The van der Waals surface area contributed by atoms with E-state index >= 15 is 0 Å². The lowest BCUT2D eigenvalue weighted by Crippen LogP contribution is -2.20. The van der Waals surface area contributed by atoms with Crippen molar-refractivity contribution in [2.24, 2.45) is 0 Å². The van der Waals surface area contributed by atoms with Crippen molar-refractivity contribution in [2.75, 3.05) is 12.4 Å². The first-order chi connectivity index (χ1) is 12.1. The van der Waals surface area contributed by atoms with Crippen LogP contribution in [0.15, 0.2) is 53.7 Å². The van der Waals surface area contributed by atoms with Gasteiger partial charge < -0.3 is 9.84 Å². The topological polar surface area (TPSA) is 73.1 Å². The Morgan fingerprint density at radius 1 is 1.12 bits per heavy atom. The predicted molar refractivity (Wildman–Crippen MR) is 97.3 cm³/mol. The molecule has 25 heavy (non-hydrogen) atoms. The molecule has 0 aliphatic carbocycles. The minimum absolute atomic E-state index is 0.225. The average molecular weight is 356 g/mol. The molecule has 0 bridgehead atoms. The van der Waals surface area contributed by atoms with Crippen LogP contribution in [0.25, 0.3) is 5.69 Å². The molecular weight excluding hydrogens is 336 g/mol. The van der Waals surface area contributed by atoms with Crippen LogP contribution < -0.4 is 4.74 Å². The Kier molecular flexibility index (Phi) is 5.67. The lowest BCUT2D eigenvalue weighted by atomic mass is 10.2. The van der Waals surface area contributed by atoms with Gasteiger partial charge in [-0.25, -0.2) is 0 Å². The maximum absolute atomic E-state index is 10.2. The Morgan fingerprint density at radius 3 is 2.68 bits per heavy atom. The van der Waals surface area contributed by atoms with Gasteiger partial charge >= 0.3 is 0 Å². The van der Waals surface area contributed by atoms with E-state index in [9.17, 15) is 5.11 Å². The first kappa shape index (κ1) is 17.4. The van der Waals surface area contributed by atoms with Gasteiger partial charge in [0, 0.05) is 5.75 Å². The zero-order chi connectivity index (χ0) is 17.6. The lowest BCUT2D eigenvalue weighted by Gasteiger charge is -2.12. The normalized spacial score (nSPS) is 12.1. The van der Waals surface area contributed by atoms with Gasteiger partial charge in [0.1, 0.15) is 12.4 Å². The van der Waals surface area contributed by atoms with Crippen molar-refractivity contribution in [2.45, 2.75) is 25.1 Å². The van der Waals surface area contributed by atoms with Crippen LogP contribution >= 0.6 is 11.8 Å². The number of hydrogen-bond donors (Lipinski definition) is 1. The number of benzene rings is 2. The number of aliphatic hydroxyl groups excluding tert-OH is 1. The zero-order valence-corrected chi connectivity index (χ0v) is 15.0. The highest BCUT2D eigenvalue weighted by Gasteiger charge is 2.13. The Morgan fingerprint density at radius 2 is 1.92 bits per heavy atom. The monoisotopic (exact) mass is 356 g/mol. The summed E-state index contributed by atoms with van der Waals surface area (Å²) < 4.78 is 7.29. The molecule has 0 saturated heterocycles. The summed E-state index contributed by atoms with van der Waals surface area (Å²) in [5.41, 5.74) is 3.19. The lowest BCUT2D eigenvalue weighted by molar-refractivity contribution is 0.126. The molecule has 3 aromatic rings. The fraction of sp³-hybridized carbons (Fsp3) is 0.278. The number of aromatic nitrogens is 4. The highest BCUT2D eigenvalue weighted by atomic mass is 32.2. The van der Waals surface area contributed by atoms with Crippen LogP contribution in [0.3, 0.4) is 0 Å². The summed E-state index contributed by atoms with van der Waals surface area (Å²) in [6, 6.07) is 15.7. The van der Waals surface area contributed by atoms with Crippen molar-refractivity contribution in [1.29, 1.82) is 0 Å². The molecule has 0 spiro atoms. The molecule has 0 fully saturated rings. The van der Waals surface area contributed by atoms with Crippen LogP contribution in [0.4, 0.5) is 0 Å². The van der Waals surface area contributed by atoms with Crippen molar-refractivity contribution in [1.82, 2.24) is 20.2 Å². The summed E-state index contributed by atoms with van der Waals surface area (Å²) in [5, 5.41) is 22.6. The molecule has 1 N–H and O–H groups in total. The second kappa shape index (κ2) is 8.13. The van der Waals surface area contributed by atoms with E-state index in [-0.39, 0.29) is 6.61 Å². The second-order valence-electron chi connectivity index (χ2n) is 5.80. The van der Waals surface area contributed by atoms with Crippen molar-refractivity contribution < 1.29 is 9.84 Å². The highest BCUT2D eigenvalue weighted by molar-refractivity contribution is 7.99. The SMILES string of the molecule is Cc1ccc(-n2nnnc2SC[C@@H](O)COc2cccc(C)c2)cc1. The molecule has 0 unspecified atom stereocenters. The quantitative estimate of drug-likeness (QED) is 0.656. The number of hydrogen-bond acceptors (Lipinski definition) is 6. The summed E-state index contributed by atoms with van der Waals surface area (Å²) in [7, 11) is 0. The van der Waals surface area contributed by atoms with Crippen LogP contribution in [0, 0.1) is 13.8 Å². The molecule has 2 aromatic carbocycles. The molecule has 1 heterocycles. The molecule has 0 aliphatic rings. The third-order valence-electron chi connectivity index (χ3n) is 3.56. The van der Waals surface area contributed by atoms with Crippen LogP contribution in [-0.4, -0.2) is 43.8 Å². The number of tetrazole rings is 1. The third kappa shape index (κ3) is 4.80. The molecule has 1 aromatic heterocycles. The van der Waals surface area contributed by atoms with Crippen LogP contribution in [0.5, 0.6) is 5.75 Å². The van der Waals surface area contributed by atoms with E-state index in [1.54, 1.807) is 4.68 Å². The number of nitrogens with zero attached hydrogens (tertiary/aromatic N) is 4. The summed E-state index contributed by atoms with van der Waals surface area (Å²) in [5.74, 6) is 1.20. The molecular formula is C18H20N4O2S. The molecule has 130 valence electrons. The van der Waals surface area contributed by atoms with Crippen LogP contribution in [0.1, 0.15) is 11.1 Å². The van der Waals surface area contributed by atoms with Crippen molar-refractivity contribution >= 4 is 11.8 Å². The van der Waals surface area contributed by atoms with Crippen molar-refractivity contribution in [3.63, 3.8) is 0 Å². The van der Waals surface area contributed by atoms with E-state index in [1.165, 1.54) is 17.3 Å². The second-order valence-corrected chi connectivity index (χ2v) is 6.79. The first-order valence-corrected chi connectivity index (χ1v) is 8.96. The van der Waals surface area contributed by atoms with Crippen LogP contribution in [0.2, 0.25) is 0 Å². The molecule has 3 rings (SSSR count). The van der Waals surface area contributed by atoms with Crippen molar-refractivity contribution in [3.8, 4) is 11.4 Å². The van der Waals surface area contributed by atoms with Gasteiger partial charge in [0.15, 0.2) is 0 Å². The molecule has 0 saturated carbocycles. The Bertz CT molecular complexity index is 820. The Hall–Kier alpha value is -2.38. The fourth-order valence-corrected chi connectivity index (χ4v) is 3.03. The number of rotatable bonds is 7. The van der Waals surface area contributed by atoms with Gasteiger partial charge in [0.05, 0.1) is 11.8 Å². The van der Waals surface area contributed by atoms with Crippen LogP contribution in [-0.2, 0) is 0 Å². The number of thioether (sulfide) groups is 1. The van der Waals surface area contributed by atoms with Gasteiger partial charge in [-0.15, -0.1) is 5.10 Å². The molecule has 6 nitrogen and oxygen atoms in total. The van der Waals surface area contributed by atoms with E-state index in [1.807, 2.05) is 62.4 Å². The average Bonchev–Trinajstić information content (AvgIpc) is 3.07. The fourth-order valence-electron chi connectivity index (χ4n) is 2.23. The van der Waals surface area contributed by atoms with Gasteiger partial charge in [-0.2, -0.15) is 4.68 Å². The minimum Gasteiger partial charge on any atom is -0.491 e. The summed E-state index contributed by atoms with van der Waals surface area (Å²) in [6.07, 6.45) is -0.617. The van der Waals surface area contributed by atoms with E-state index in [0.717, 1.165) is 17.0 Å². The number of ether oxygens (including phenoxy) is 1. The first-order valence-electron chi connectivity index (χ1n) is 7.97. The summed E-state index contributed by atoms with van der Waals surface area (Å²) in [6.45, 7) is 4.26. The van der Waals surface area contributed by atoms with Crippen molar-refractivity contribution in [3.05, 3.63) is 59.7 Å². The molecule has 0 radical (unpaired) electrons. The van der Waals surface area contributed by atoms with Gasteiger partial charge in [-0.05, 0) is 54.1 Å². The van der Waals surface area contributed by atoms with Gasteiger partial charge in [-0.1, -0.05) is 41.6 Å². The van der Waals surface area contributed by atoms with E-state index in [0.29, 0.717) is 10.9 Å². The van der Waals surface area contributed by atoms with Gasteiger partial charge in [0.2, 0.25) is 5.16 Å². The molecule has 0 aliphatic heterocycles. The van der Waals surface area contributed by atoms with Gasteiger partial charge in [-0.3, -0.25) is 0 Å². The largest absolute Gasteiger partial charge is 0.491 e. The maximum atomic E-state index is 10.2. The third-order valence-corrected chi connectivity index (χ3v) is 4.62. The molecule has 7 heteroatoms. The zero-order valence-electron chi connectivity index (χ0n) is 14.2. The molecule has 1 atom stereocenters. The highest BCUT2D eigenvalue weighted by Crippen LogP contribution is 2.20. The minimum atomic E-state index is -0.617. The Labute approximate surface area is 150 Å². The standard InChI is InChI=1S/C18H20N4O2S/c1-13-6-8-15(9-7-13)22-18(19-20-21-22)25-12-16(23)11-24-17-5-3-4-14(2)10-17/h3-10,16,23H,11-12H2,1-2H3/t16-/m0/s1. The summed E-state index contributed by atoms with van der Waals surface area (Å²) in [4.78, 5) is 0. The molecule has 0 amide bonds. The van der Waals surface area contributed by atoms with E-state index in [4.69, 9.17) is 4.74 Å².